The van der Waals surface area contributed by atoms with Crippen LogP contribution >= 0.6 is 29.4 Å². The Bertz CT molecular complexity index is 223. The number of thioether (sulfide) groups is 1. The number of hydrogen-bond donors (Lipinski definition) is 1. The van der Waals surface area contributed by atoms with E-state index in [4.69, 9.17) is 11.8 Å². The van der Waals surface area contributed by atoms with Gasteiger partial charge in [-0.05, 0) is 12.2 Å². The van der Waals surface area contributed by atoms with Crippen molar-refractivity contribution in [3.63, 3.8) is 0 Å². The van der Waals surface area contributed by atoms with Gasteiger partial charge in [0.2, 0.25) is 0 Å². The minimum absolute atomic E-state index is 1.06. The molecule has 12 heavy (non-hydrogen) atoms. The highest BCUT2D eigenvalue weighted by Crippen LogP contribution is 2.61. The Morgan fingerprint density at radius 1 is 1.58 bits per heavy atom. The predicted octanol–water partition coefficient (Wildman–Crippen LogP) is 2.81. The molecule has 1 fully saturated rings. The average molecular weight is 239 g/mol. The van der Waals surface area contributed by atoms with E-state index in [0.29, 0.717) is 0 Å². The topological polar surface area (TPSA) is 3.24 Å². The van der Waals surface area contributed by atoms with Crippen molar-refractivity contribution >= 4 is 41.2 Å². The van der Waals surface area contributed by atoms with Crippen LogP contribution in [0, 0.1) is 0 Å². The zero-order valence-corrected chi connectivity index (χ0v) is 10.6. The molecule has 1 nitrogen and oxygen atoms in total. The summed E-state index contributed by atoms with van der Waals surface area (Å²) in [5.74, 6) is 2.37. The molecule has 1 aliphatic heterocycles. The molecular formula is C7H14NPS3. The average Bonchev–Trinajstić information content (AvgIpc) is 2.06. The van der Waals surface area contributed by atoms with Crippen molar-refractivity contribution in [2.24, 2.45) is 0 Å². The number of nitrogens with zero attached hydrogens (tertiary/aromatic N) is 1. The van der Waals surface area contributed by atoms with Crippen molar-refractivity contribution in [3.8, 4) is 0 Å². The van der Waals surface area contributed by atoms with E-state index in [1.807, 2.05) is 18.7 Å². The summed E-state index contributed by atoms with van der Waals surface area (Å²) >= 11 is 12.0. The Balaban J connectivity index is 2.66. The van der Waals surface area contributed by atoms with Crippen LogP contribution in [0.4, 0.5) is 0 Å². The second kappa shape index (κ2) is 4.52. The van der Waals surface area contributed by atoms with Gasteiger partial charge in [0.1, 0.15) is 0 Å². The third-order valence-electron chi connectivity index (χ3n) is 1.87. The molecule has 0 aromatic rings. The first-order valence-electron chi connectivity index (χ1n) is 3.87. The number of hydrogen-bond acceptors (Lipinski definition) is 2. The van der Waals surface area contributed by atoms with Crippen molar-refractivity contribution in [2.75, 3.05) is 24.6 Å². The zero-order valence-electron chi connectivity index (χ0n) is 7.19. The van der Waals surface area contributed by atoms with Crippen molar-refractivity contribution in [2.45, 2.75) is 6.92 Å². The van der Waals surface area contributed by atoms with E-state index in [2.05, 4.69) is 23.5 Å². The molecule has 0 aliphatic carbocycles. The van der Waals surface area contributed by atoms with Crippen LogP contribution in [0.25, 0.3) is 0 Å². The second-order valence-electron chi connectivity index (χ2n) is 2.85. The second-order valence-corrected chi connectivity index (χ2v) is 10.6. The van der Waals surface area contributed by atoms with Crippen molar-refractivity contribution in [1.82, 2.24) is 4.67 Å². The molecule has 0 spiro atoms. The third-order valence-corrected chi connectivity index (χ3v) is 8.38. The summed E-state index contributed by atoms with van der Waals surface area (Å²) in [5, 5.41) is -0.624. The largest absolute Gasteiger partial charge is 0.263 e. The monoisotopic (exact) mass is 239 g/mol. The number of thiol groups is 1. The van der Waals surface area contributed by atoms with Gasteiger partial charge in [-0.25, -0.2) is 0 Å². The molecule has 5 heteroatoms. The van der Waals surface area contributed by atoms with Gasteiger partial charge in [-0.15, -0.1) is 12.2 Å². The summed E-state index contributed by atoms with van der Waals surface area (Å²) in [5.41, 5.74) is 0. The van der Waals surface area contributed by atoms with E-state index in [-0.39, 0.29) is 0 Å². The molecule has 0 N–H and O–H groups in total. The van der Waals surface area contributed by atoms with Gasteiger partial charge in [-0.2, -0.15) is 11.8 Å². The molecule has 1 rings (SSSR count). The van der Waals surface area contributed by atoms with Crippen LogP contribution in [0.3, 0.4) is 0 Å². The van der Waals surface area contributed by atoms with E-state index in [0.717, 1.165) is 18.4 Å². The van der Waals surface area contributed by atoms with Crippen molar-refractivity contribution in [1.29, 1.82) is 0 Å². The standard InChI is InChI=1S/C7H14NPS3/c1-7(2)9(10,11)8-3-5-12-6-4-8/h1,3-6H2,2H3,(H,10,11). The molecule has 0 aromatic heterocycles. The highest BCUT2D eigenvalue weighted by molar-refractivity contribution is 8.64. The molecule has 70 valence electrons. The first kappa shape index (κ1) is 11.1. The van der Waals surface area contributed by atoms with Gasteiger partial charge in [-0.3, -0.25) is 4.67 Å². The Morgan fingerprint density at radius 2 is 2.08 bits per heavy atom. The lowest BCUT2D eigenvalue weighted by molar-refractivity contribution is 0.512. The van der Waals surface area contributed by atoms with Crippen LogP contribution in [-0.4, -0.2) is 29.3 Å². The highest BCUT2D eigenvalue weighted by Gasteiger charge is 2.23. The van der Waals surface area contributed by atoms with Crippen molar-refractivity contribution in [3.05, 3.63) is 11.9 Å². The Kier molecular flexibility index (Phi) is 4.19. The highest BCUT2D eigenvalue weighted by atomic mass is 32.9. The lowest BCUT2D eigenvalue weighted by Crippen LogP contribution is -2.28. The quantitative estimate of drug-likeness (QED) is 0.583. The molecule has 1 aliphatic rings. The Hall–Kier alpha value is 1.05. The van der Waals surface area contributed by atoms with E-state index in [1.54, 1.807) is 0 Å². The van der Waals surface area contributed by atoms with Gasteiger partial charge in [-0.1, -0.05) is 18.4 Å². The maximum absolute atomic E-state index is 5.48. The lowest BCUT2D eigenvalue weighted by Gasteiger charge is -2.34. The summed E-state index contributed by atoms with van der Waals surface area (Å²) in [7, 11) is 0. The van der Waals surface area contributed by atoms with Crippen molar-refractivity contribution < 1.29 is 0 Å². The molecule has 0 aromatic carbocycles. The molecule has 0 radical (unpaired) electrons. The SMILES string of the molecule is C=C(C)P(=S)(S)N1CCSCC1. The fourth-order valence-corrected chi connectivity index (χ4v) is 4.49. The first-order valence-corrected chi connectivity index (χ1v) is 8.93. The van der Waals surface area contributed by atoms with Crippen LogP contribution in [0.2, 0.25) is 0 Å². The predicted molar refractivity (Wildman–Crippen MR) is 67.0 cm³/mol. The fraction of sp³-hybridized carbons (Fsp3) is 0.714. The molecule has 0 amide bonds. The molecule has 1 unspecified atom stereocenters. The van der Waals surface area contributed by atoms with Crippen LogP contribution in [0.15, 0.2) is 11.9 Å². The van der Waals surface area contributed by atoms with Gasteiger partial charge in [0.25, 0.3) is 0 Å². The Labute approximate surface area is 89.2 Å². The van der Waals surface area contributed by atoms with Gasteiger partial charge < -0.3 is 0 Å². The minimum atomic E-state index is -1.69. The van der Waals surface area contributed by atoms with E-state index in [9.17, 15) is 0 Å². The van der Waals surface area contributed by atoms with E-state index < -0.39 is 5.39 Å². The van der Waals surface area contributed by atoms with Crippen LogP contribution in [0.1, 0.15) is 6.92 Å². The maximum atomic E-state index is 5.48. The molecule has 0 bridgehead atoms. The van der Waals surface area contributed by atoms with Gasteiger partial charge in [0.05, 0.1) is 5.39 Å². The molecule has 1 heterocycles. The van der Waals surface area contributed by atoms with Gasteiger partial charge in [0, 0.05) is 24.6 Å². The number of rotatable bonds is 2. The Morgan fingerprint density at radius 3 is 2.50 bits per heavy atom. The smallest absolute Gasteiger partial charge is 0.0875 e. The molecule has 1 atom stereocenters. The van der Waals surface area contributed by atoms with Crippen LogP contribution in [0.5, 0.6) is 0 Å². The summed E-state index contributed by atoms with van der Waals surface area (Å²) in [6.45, 7) is 8.08. The number of allylic oxidation sites excluding steroid dienone is 1. The maximum Gasteiger partial charge on any atom is 0.0875 e. The molecule has 0 saturated carbocycles. The van der Waals surface area contributed by atoms with E-state index >= 15 is 0 Å². The third kappa shape index (κ3) is 2.52. The van der Waals surface area contributed by atoms with Gasteiger partial charge >= 0.3 is 0 Å². The zero-order chi connectivity index (χ0) is 9.19. The van der Waals surface area contributed by atoms with E-state index in [1.165, 1.54) is 11.5 Å². The molecule has 1 saturated heterocycles. The fourth-order valence-electron chi connectivity index (χ4n) is 1.07. The summed E-state index contributed by atoms with van der Waals surface area (Å²) in [4.78, 5) is 0. The normalized spacial score (nSPS) is 24.8. The minimum Gasteiger partial charge on any atom is -0.263 e. The molecular weight excluding hydrogens is 225 g/mol. The van der Waals surface area contributed by atoms with Crippen LogP contribution in [-0.2, 0) is 11.8 Å². The lowest BCUT2D eigenvalue weighted by atomic mass is 10.6. The van der Waals surface area contributed by atoms with Crippen LogP contribution < -0.4 is 0 Å². The summed E-state index contributed by atoms with van der Waals surface area (Å²) in [6, 6.07) is 0. The van der Waals surface area contributed by atoms with Gasteiger partial charge in [0.15, 0.2) is 0 Å². The summed E-state index contributed by atoms with van der Waals surface area (Å²) < 4.78 is 2.32. The first-order chi connectivity index (χ1) is 5.55. The summed E-state index contributed by atoms with van der Waals surface area (Å²) in [6.07, 6.45) is 0.